The van der Waals surface area contributed by atoms with Gasteiger partial charge in [-0.1, -0.05) is 25.4 Å². The lowest BCUT2D eigenvalue weighted by molar-refractivity contribution is 0.198. The molecule has 2 aliphatic heterocycles. The molecule has 2 saturated heterocycles. The molecule has 1 atom stereocenters. The summed E-state index contributed by atoms with van der Waals surface area (Å²) in [6, 6.07) is 2.10. The standard InChI is InChI=1S/C21H37N5O/c1-4-18(5-2)20-13-19(27-24-20)14-23-21(22-3)26-12-9-17(16-26)15-25-10-7-6-8-11-25/h13,17-18H,4-12,14-16H2,1-3H3,(H,22,23). The molecular weight excluding hydrogens is 338 g/mol. The van der Waals surface area contributed by atoms with Crippen LogP contribution in [0.4, 0.5) is 0 Å². The zero-order valence-electron chi connectivity index (χ0n) is 17.4. The van der Waals surface area contributed by atoms with E-state index in [1.54, 1.807) is 0 Å². The number of aromatic nitrogens is 1. The highest BCUT2D eigenvalue weighted by Crippen LogP contribution is 2.23. The molecule has 6 nitrogen and oxygen atoms in total. The summed E-state index contributed by atoms with van der Waals surface area (Å²) in [6.45, 7) is 11.1. The van der Waals surface area contributed by atoms with Crippen molar-refractivity contribution in [3.05, 3.63) is 17.5 Å². The number of hydrogen-bond acceptors (Lipinski definition) is 4. The predicted octanol–water partition coefficient (Wildman–Crippen LogP) is 3.46. The highest BCUT2D eigenvalue weighted by atomic mass is 16.5. The van der Waals surface area contributed by atoms with Crippen molar-refractivity contribution in [1.29, 1.82) is 0 Å². The van der Waals surface area contributed by atoms with Gasteiger partial charge in [0.15, 0.2) is 11.7 Å². The highest BCUT2D eigenvalue weighted by molar-refractivity contribution is 5.80. The van der Waals surface area contributed by atoms with Crippen LogP contribution in [0.3, 0.4) is 0 Å². The van der Waals surface area contributed by atoms with Gasteiger partial charge in [0, 0.05) is 38.7 Å². The van der Waals surface area contributed by atoms with E-state index in [9.17, 15) is 0 Å². The van der Waals surface area contributed by atoms with E-state index in [4.69, 9.17) is 4.52 Å². The van der Waals surface area contributed by atoms with E-state index < -0.39 is 0 Å². The summed E-state index contributed by atoms with van der Waals surface area (Å²) in [4.78, 5) is 9.55. The summed E-state index contributed by atoms with van der Waals surface area (Å²) < 4.78 is 5.54. The molecule has 0 radical (unpaired) electrons. The Labute approximate surface area is 164 Å². The average molecular weight is 376 g/mol. The lowest BCUT2D eigenvalue weighted by Gasteiger charge is -2.29. The van der Waals surface area contributed by atoms with Gasteiger partial charge in [0.25, 0.3) is 0 Å². The second kappa shape index (κ2) is 10.1. The topological polar surface area (TPSA) is 56.9 Å². The Hall–Kier alpha value is -1.56. The van der Waals surface area contributed by atoms with Gasteiger partial charge in [0.05, 0.1) is 12.2 Å². The zero-order valence-corrected chi connectivity index (χ0v) is 17.4. The Bertz CT molecular complexity index is 589. The molecule has 27 heavy (non-hydrogen) atoms. The molecule has 0 saturated carbocycles. The predicted molar refractivity (Wildman–Crippen MR) is 110 cm³/mol. The largest absolute Gasteiger partial charge is 0.359 e. The Morgan fingerprint density at radius 1 is 1.26 bits per heavy atom. The van der Waals surface area contributed by atoms with Crippen LogP contribution in [0.5, 0.6) is 0 Å². The Morgan fingerprint density at radius 2 is 2.04 bits per heavy atom. The number of nitrogens with zero attached hydrogens (tertiary/aromatic N) is 4. The molecule has 1 N–H and O–H groups in total. The van der Waals surface area contributed by atoms with E-state index >= 15 is 0 Å². The maximum atomic E-state index is 5.54. The fourth-order valence-corrected chi connectivity index (χ4v) is 4.49. The van der Waals surface area contributed by atoms with E-state index in [0.29, 0.717) is 12.5 Å². The van der Waals surface area contributed by atoms with Crippen LogP contribution in [-0.2, 0) is 6.54 Å². The Balaban J connectivity index is 1.46. The van der Waals surface area contributed by atoms with Crippen LogP contribution in [0.15, 0.2) is 15.6 Å². The van der Waals surface area contributed by atoms with Gasteiger partial charge in [-0.25, -0.2) is 0 Å². The van der Waals surface area contributed by atoms with Crippen LogP contribution in [-0.4, -0.2) is 60.7 Å². The first kappa shape index (κ1) is 20.2. The van der Waals surface area contributed by atoms with Crippen molar-refractivity contribution in [2.24, 2.45) is 10.9 Å². The van der Waals surface area contributed by atoms with Crippen LogP contribution >= 0.6 is 0 Å². The SMILES string of the molecule is CCC(CC)c1cc(CNC(=NC)N2CCC(CN3CCCCC3)C2)on1. The third-order valence-corrected chi connectivity index (χ3v) is 6.16. The molecule has 1 unspecified atom stereocenters. The maximum Gasteiger partial charge on any atom is 0.194 e. The molecule has 3 heterocycles. The fraction of sp³-hybridized carbons (Fsp3) is 0.810. The number of piperidine rings is 1. The van der Waals surface area contributed by atoms with Crippen molar-refractivity contribution < 1.29 is 4.52 Å². The molecule has 1 aromatic heterocycles. The third-order valence-electron chi connectivity index (χ3n) is 6.16. The molecule has 3 rings (SSSR count). The molecule has 0 spiro atoms. The van der Waals surface area contributed by atoms with E-state index in [2.05, 4.69) is 45.2 Å². The summed E-state index contributed by atoms with van der Waals surface area (Å²) in [5, 5.41) is 7.73. The first-order valence-electron chi connectivity index (χ1n) is 10.9. The van der Waals surface area contributed by atoms with Gasteiger partial charge < -0.3 is 19.6 Å². The number of guanidine groups is 1. The van der Waals surface area contributed by atoms with Crippen molar-refractivity contribution in [2.75, 3.05) is 39.8 Å². The molecule has 2 aliphatic rings. The van der Waals surface area contributed by atoms with Gasteiger partial charge in [-0.05, 0) is 51.1 Å². The smallest absolute Gasteiger partial charge is 0.194 e. The van der Waals surface area contributed by atoms with Crippen LogP contribution in [0, 0.1) is 5.92 Å². The van der Waals surface area contributed by atoms with Gasteiger partial charge in [0.1, 0.15) is 0 Å². The molecule has 6 heteroatoms. The highest BCUT2D eigenvalue weighted by Gasteiger charge is 2.27. The van der Waals surface area contributed by atoms with Crippen molar-refractivity contribution >= 4 is 5.96 Å². The number of rotatable bonds is 7. The number of nitrogens with one attached hydrogen (secondary N) is 1. The quantitative estimate of drug-likeness (QED) is 0.584. The Kier molecular flexibility index (Phi) is 7.56. The van der Waals surface area contributed by atoms with E-state index in [1.807, 2.05) is 7.05 Å². The van der Waals surface area contributed by atoms with Gasteiger partial charge in [-0.2, -0.15) is 0 Å². The first-order valence-corrected chi connectivity index (χ1v) is 10.9. The summed E-state index contributed by atoms with van der Waals surface area (Å²) in [5.41, 5.74) is 1.08. The molecule has 152 valence electrons. The number of aliphatic imine (C=N–C) groups is 1. The summed E-state index contributed by atoms with van der Waals surface area (Å²) in [7, 11) is 1.87. The number of likely N-dealkylation sites (tertiary alicyclic amines) is 2. The molecule has 0 aromatic carbocycles. The molecule has 0 amide bonds. The molecule has 1 aromatic rings. The van der Waals surface area contributed by atoms with E-state index in [-0.39, 0.29) is 0 Å². The van der Waals surface area contributed by atoms with E-state index in [0.717, 1.165) is 49.3 Å². The minimum atomic E-state index is 0.496. The Morgan fingerprint density at radius 3 is 2.74 bits per heavy atom. The number of hydrogen-bond donors (Lipinski definition) is 1. The van der Waals surface area contributed by atoms with Crippen molar-refractivity contribution in [3.63, 3.8) is 0 Å². The van der Waals surface area contributed by atoms with Gasteiger partial charge >= 0.3 is 0 Å². The van der Waals surface area contributed by atoms with Crippen LogP contribution < -0.4 is 5.32 Å². The molecule has 0 bridgehead atoms. The summed E-state index contributed by atoms with van der Waals surface area (Å²) in [5.74, 6) is 3.13. The van der Waals surface area contributed by atoms with Gasteiger partial charge in [-0.15, -0.1) is 0 Å². The van der Waals surface area contributed by atoms with Gasteiger partial charge in [0.2, 0.25) is 0 Å². The zero-order chi connectivity index (χ0) is 19.1. The lowest BCUT2D eigenvalue weighted by atomic mass is 9.99. The van der Waals surface area contributed by atoms with Gasteiger partial charge in [-0.3, -0.25) is 4.99 Å². The fourth-order valence-electron chi connectivity index (χ4n) is 4.49. The minimum absolute atomic E-state index is 0.496. The maximum absolute atomic E-state index is 5.54. The molecule has 0 aliphatic carbocycles. The van der Waals surface area contributed by atoms with E-state index in [1.165, 1.54) is 45.3 Å². The van der Waals surface area contributed by atoms with Crippen LogP contribution in [0.2, 0.25) is 0 Å². The summed E-state index contributed by atoms with van der Waals surface area (Å²) in [6.07, 6.45) is 7.61. The molecular formula is C21H37N5O. The average Bonchev–Trinajstić information content (AvgIpc) is 3.35. The molecule has 2 fully saturated rings. The first-order chi connectivity index (χ1) is 13.2. The van der Waals surface area contributed by atoms with Crippen molar-refractivity contribution in [2.45, 2.75) is 64.8 Å². The van der Waals surface area contributed by atoms with Crippen LogP contribution in [0.25, 0.3) is 0 Å². The van der Waals surface area contributed by atoms with Crippen molar-refractivity contribution in [1.82, 2.24) is 20.3 Å². The minimum Gasteiger partial charge on any atom is -0.359 e. The van der Waals surface area contributed by atoms with Crippen LogP contribution in [0.1, 0.15) is 69.7 Å². The monoisotopic (exact) mass is 375 g/mol. The van der Waals surface area contributed by atoms with Crippen molar-refractivity contribution in [3.8, 4) is 0 Å². The second-order valence-corrected chi connectivity index (χ2v) is 8.09. The third kappa shape index (κ3) is 5.47. The second-order valence-electron chi connectivity index (χ2n) is 8.09. The lowest BCUT2D eigenvalue weighted by Crippen LogP contribution is -2.40. The normalized spacial score (nSPS) is 22.0. The summed E-state index contributed by atoms with van der Waals surface area (Å²) >= 11 is 0.